The number of fused-ring (bicyclic) bond motifs is 3. The van der Waals surface area contributed by atoms with Crippen molar-refractivity contribution >= 4 is 23.8 Å². The Morgan fingerprint density at radius 2 is 1.43 bits per heavy atom. The van der Waals surface area contributed by atoms with E-state index in [2.05, 4.69) is 10.6 Å². The molecule has 0 fully saturated rings. The van der Waals surface area contributed by atoms with Crippen molar-refractivity contribution in [3.05, 3.63) is 94.0 Å². The second kappa shape index (κ2) is 11.9. The summed E-state index contributed by atoms with van der Waals surface area (Å²) in [7, 11) is 0. The third-order valence-corrected chi connectivity index (χ3v) is 5.98. The van der Waals surface area contributed by atoms with Crippen LogP contribution in [-0.4, -0.2) is 41.5 Å². The molecule has 0 saturated carbocycles. The normalized spacial score (nSPS) is 12.9. The monoisotopic (exact) mass is 547 g/mol. The van der Waals surface area contributed by atoms with Gasteiger partial charge in [-0.05, 0) is 55.2 Å². The van der Waals surface area contributed by atoms with E-state index in [1.807, 2.05) is 48.5 Å². The van der Waals surface area contributed by atoms with Crippen molar-refractivity contribution in [1.29, 1.82) is 0 Å². The van der Waals surface area contributed by atoms with Gasteiger partial charge in [0.15, 0.2) is 0 Å². The maximum atomic E-state index is 12.8. The summed E-state index contributed by atoms with van der Waals surface area (Å²) < 4.78 is 16.0. The van der Waals surface area contributed by atoms with E-state index in [0.717, 1.165) is 22.3 Å². The van der Waals surface area contributed by atoms with Crippen molar-refractivity contribution < 1.29 is 33.5 Å². The van der Waals surface area contributed by atoms with Crippen LogP contribution in [-0.2, 0) is 14.3 Å². The van der Waals surface area contributed by atoms with Crippen LogP contribution in [0.15, 0.2) is 72.8 Å². The summed E-state index contributed by atoms with van der Waals surface area (Å²) >= 11 is 0. The van der Waals surface area contributed by atoms with Gasteiger partial charge in [0.1, 0.15) is 24.1 Å². The third-order valence-electron chi connectivity index (χ3n) is 5.98. The number of rotatable bonds is 8. The van der Waals surface area contributed by atoms with Crippen molar-refractivity contribution in [1.82, 2.24) is 10.6 Å². The van der Waals surface area contributed by atoms with Gasteiger partial charge in [0.25, 0.3) is 5.69 Å². The molecule has 0 aliphatic heterocycles. The van der Waals surface area contributed by atoms with E-state index >= 15 is 0 Å². The summed E-state index contributed by atoms with van der Waals surface area (Å²) in [6.07, 6.45) is -3.49. The second-order valence-electron chi connectivity index (χ2n) is 10.1. The summed E-state index contributed by atoms with van der Waals surface area (Å²) in [6, 6.07) is 20.6. The largest absolute Gasteiger partial charge is 0.460 e. The minimum Gasteiger partial charge on any atom is -0.460 e. The van der Waals surface area contributed by atoms with Crippen LogP contribution >= 0.6 is 0 Å². The van der Waals surface area contributed by atoms with E-state index in [1.165, 1.54) is 24.3 Å². The number of nitrogens with one attached hydrogen (secondary N) is 2. The molecule has 0 bridgehead atoms. The number of ether oxygens (including phenoxy) is 3. The van der Waals surface area contributed by atoms with Gasteiger partial charge in [-0.2, -0.15) is 0 Å². The summed E-state index contributed by atoms with van der Waals surface area (Å²) in [5, 5.41) is 15.7. The predicted molar refractivity (Wildman–Crippen MR) is 145 cm³/mol. The van der Waals surface area contributed by atoms with Crippen LogP contribution in [0.25, 0.3) is 11.1 Å². The standard InChI is InChI=1S/C29H29N3O8/c1-29(2,3)40-26(33)16-25(31-28(35)39-19-14-12-18(13-15-19)32(36)37)30-27(34)38-17-24-22-10-6-4-8-20(22)21-9-5-7-11-23(21)24/h4-15,24-25H,16-17H2,1-3H3,(H,30,34)(H,31,35)/t25-/m1/s1. The highest BCUT2D eigenvalue weighted by atomic mass is 16.6. The number of nitro groups is 1. The van der Waals surface area contributed by atoms with Gasteiger partial charge in [-0.1, -0.05) is 48.5 Å². The quantitative estimate of drug-likeness (QED) is 0.168. The number of benzene rings is 3. The van der Waals surface area contributed by atoms with Gasteiger partial charge in [-0.15, -0.1) is 0 Å². The summed E-state index contributed by atoms with van der Waals surface area (Å²) in [5.41, 5.74) is 3.26. The van der Waals surface area contributed by atoms with Crippen LogP contribution in [0.4, 0.5) is 15.3 Å². The molecule has 2 N–H and O–H groups in total. The number of alkyl carbamates (subject to hydrolysis) is 1. The minimum absolute atomic E-state index is 0.0280. The number of hydrogen-bond acceptors (Lipinski definition) is 8. The van der Waals surface area contributed by atoms with E-state index in [1.54, 1.807) is 20.8 Å². The Morgan fingerprint density at radius 1 is 0.875 bits per heavy atom. The number of amides is 2. The molecule has 40 heavy (non-hydrogen) atoms. The summed E-state index contributed by atoms with van der Waals surface area (Å²) in [6.45, 7) is 5.10. The highest BCUT2D eigenvalue weighted by Crippen LogP contribution is 2.44. The third kappa shape index (κ3) is 7.13. The van der Waals surface area contributed by atoms with Crippen LogP contribution in [0.3, 0.4) is 0 Å². The molecule has 3 aromatic rings. The van der Waals surface area contributed by atoms with Gasteiger partial charge in [0.2, 0.25) is 0 Å². The van der Waals surface area contributed by atoms with E-state index in [0.29, 0.717) is 0 Å². The van der Waals surface area contributed by atoms with Crippen LogP contribution in [0.5, 0.6) is 5.75 Å². The zero-order chi connectivity index (χ0) is 28.9. The lowest BCUT2D eigenvalue weighted by Gasteiger charge is -2.23. The molecule has 3 aromatic carbocycles. The number of carbonyl (C=O) groups excluding carboxylic acids is 3. The molecule has 2 amide bonds. The predicted octanol–water partition coefficient (Wildman–Crippen LogP) is 5.28. The Kier molecular flexibility index (Phi) is 8.32. The fourth-order valence-electron chi connectivity index (χ4n) is 4.38. The molecule has 208 valence electrons. The molecule has 1 aliphatic carbocycles. The SMILES string of the molecule is CC(C)(C)OC(=O)C[C@H](NC(=O)OCC1c2ccccc2-c2ccccc21)NC(=O)Oc1ccc([N+](=O)[O-])cc1. The van der Waals surface area contributed by atoms with Gasteiger partial charge >= 0.3 is 18.2 Å². The van der Waals surface area contributed by atoms with Crippen molar-refractivity contribution in [2.75, 3.05) is 6.61 Å². The maximum absolute atomic E-state index is 12.8. The molecule has 0 radical (unpaired) electrons. The lowest BCUT2D eigenvalue weighted by Crippen LogP contribution is -2.50. The van der Waals surface area contributed by atoms with Crippen molar-refractivity contribution in [3.8, 4) is 16.9 Å². The molecule has 1 aliphatic rings. The van der Waals surface area contributed by atoms with Crippen molar-refractivity contribution in [2.24, 2.45) is 0 Å². The Morgan fingerprint density at radius 3 is 1.98 bits per heavy atom. The first-order valence-electron chi connectivity index (χ1n) is 12.6. The number of esters is 1. The van der Waals surface area contributed by atoms with E-state index in [9.17, 15) is 24.5 Å². The molecular weight excluding hydrogens is 518 g/mol. The number of non-ortho nitro benzene ring substituents is 1. The Bertz CT molecular complexity index is 1370. The molecule has 4 rings (SSSR count). The van der Waals surface area contributed by atoms with E-state index in [-0.39, 0.29) is 24.0 Å². The first kappa shape index (κ1) is 28.1. The molecule has 0 heterocycles. The molecule has 0 unspecified atom stereocenters. The van der Waals surface area contributed by atoms with Gasteiger partial charge in [0, 0.05) is 18.1 Å². The molecule has 11 heteroatoms. The Hall–Kier alpha value is -4.93. The van der Waals surface area contributed by atoms with Crippen LogP contribution < -0.4 is 15.4 Å². The first-order valence-corrected chi connectivity index (χ1v) is 12.6. The molecule has 0 spiro atoms. The van der Waals surface area contributed by atoms with Crippen LogP contribution in [0.1, 0.15) is 44.2 Å². The van der Waals surface area contributed by atoms with Crippen molar-refractivity contribution in [3.63, 3.8) is 0 Å². The molecular formula is C29H29N3O8. The molecule has 0 aromatic heterocycles. The topological polar surface area (TPSA) is 146 Å². The molecule has 1 atom stereocenters. The number of hydrogen-bond donors (Lipinski definition) is 2. The van der Waals surface area contributed by atoms with Gasteiger partial charge < -0.3 is 24.8 Å². The maximum Gasteiger partial charge on any atom is 0.414 e. The summed E-state index contributed by atoms with van der Waals surface area (Å²) in [4.78, 5) is 48.0. The van der Waals surface area contributed by atoms with E-state index < -0.39 is 41.3 Å². The van der Waals surface area contributed by atoms with Crippen LogP contribution in [0.2, 0.25) is 0 Å². The second-order valence-corrected chi connectivity index (χ2v) is 10.1. The fraction of sp³-hybridized carbons (Fsp3) is 0.276. The Balaban J connectivity index is 1.41. The number of nitrogens with zero attached hydrogens (tertiary/aromatic N) is 1. The smallest absolute Gasteiger partial charge is 0.414 e. The zero-order valence-electron chi connectivity index (χ0n) is 22.2. The zero-order valence-corrected chi connectivity index (χ0v) is 22.2. The number of nitro benzene ring substituents is 1. The fourth-order valence-corrected chi connectivity index (χ4v) is 4.38. The van der Waals surface area contributed by atoms with Gasteiger partial charge in [-0.25, -0.2) is 9.59 Å². The highest BCUT2D eigenvalue weighted by molar-refractivity contribution is 5.79. The average molecular weight is 548 g/mol. The highest BCUT2D eigenvalue weighted by Gasteiger charge is 2.30. The first-order chi connectivity index (χ1) is 19.0. The minimum atomic E-state index is -1.23. The summed E-state index contributed by atoms with van der Waals surface area (Å²) in [5.74, 6) is -0.824. The molecule has 11 nitrogen and oxygen atoms in total. The lowest BCUT2D eigenvalue weighted by atomic mass is 9.98. The van der Waals surface area contributed by atoms with Gasteiger partial charge in [-0.3, -0.25) is 14.9 Å². The average Bonchev–Trinajstić information content (AvgIpc) is 3.20. The van der Waals surface area contributed by atoms with Gasteiger partial charge in [0.05, 0.1) is 11.3 Å². The number of carbonyl (C=O) groups is 3. The van der Waals surface area contributed by atoms with E-state index in [4.69, 9.17) is 14.2 Å². The molecule has 0 saturated heterocycles. The van der Waals surface area contributed by atoms with Crippen molar-refractivity contribution in [2.45, 2.75) is 44.9 Å². The lowest BCUT2D eigenvalue weighted by molar-refractivity contribution is -0.384. The Labute approximate surface area is 230 Å². The van der Waals surface area contributed by atoms with Crippen LogP contribution in [0, 0.1) is 10.1 Å².